The van der Waals surface area contributed by atoms with Crippen molar-refractivity contribution in [2.24, 2.45) is 5.92 Å². The highest BCUT2D eigenvalue weighted by Gasteiger charge is 2.18. The molecule has 0 radical (unpaired) electrons. The third kappa shape index (κ3) is 6.01. The Hall–Kier alpha value is -3.00. The molecule has 6 nitrogen and oxygen atoms in total. The third-order valence-electron chi connectivity index (χ3n) is 4.51. The van der Waals surface area contributed by atoms with E-state index in [0.717, 1.165) is 0 Å². The molecule has 0 aliphatic carbocycles. The molecule has 3 aromatic rings. The second-order valence-electron chi connectivity index (χ2n) is 7.57. The molecule has 0 unspecified atom stereocenters. The quantitative estimate of drug-likeness (QED) is 0.372. The van der Waals surface area contributed by atoms with E-state index in [1.807, 2.05) is 4.57 Å². The Morgan fingerprint density at radius 3 is 2.45 bits per heavy atom. The number of carbonyl (C=O) groups is 2. The number of anilines is 1. The van der Waals surface area contributed by atoms with Crippen LogP contribution in [-0.4, -0.2) is 32.2 Å². The van der Waals surface area contributed by atoms with Crippen molar-refractivity contribution in [3.05, 3.63) is 59.9 Å². The molecule has 0 bridgehead atoms. The van der Waals surface area contributed by atoms with Crippen molar-refractivity contribution >= 4 is 29.1 Å². The normalized spacial score (nSPS) is 11.0. The zero-order chi connectivity index (χ0) is 22.4. The first-order valence-electron chi connectivity index (χ1n) is 10.1. The summed E-state index contributed by atoms with van der Waals surface area (Å²) in [6, 6.07) is 13.3. The Balaban J connectivity index is 1.64. The first kappa shape index (κ1) is 22.7. The molecule has 1 aromatic heterocycles. The molecule has 0 fully saturated rings. The van der Waals surface area contributed by atoms with Crippen molar-refractivity contribution in [3.63, 3.8) is 0 Å². The number of amides is 1. The van der Waals surface area contributed by atoms with Crippen molar-refractivity contribution in [1.82, 2.24) is 14.8 Å². The average molecular weight is 441 g/mol. The first-order valence-corrected chi connectivity index (χ1v) is 11.1. The van der Waals surface area contributed by atoms with Gasteiger partial charge >= 0.3 is 0 Å². The molecular weight excluding hydrogens is 415 g/mol. The lowest BCUT2D eigenvalue weighted by molar-refractivity contribution is -0.115. The minimum absolute atomic E-state index is 0.0189. The number of carbonyl (C=O) groups excluding carboxylic acids is 2. The van der Waals surface area contributed by atoms with Crippen LogP contribution in [0.4, 0.5) is 10.1 Å². The van der Waals surface area contributed by atoms with Gasteiger partial charge in [-0.3, -0.25) is 9.59 Å². The van der Waals surface area contributed by atoms with Gasteiger partial charge in [0.2, 0.25) is 5.91 Å². The number of rotatable bonds is 9. The number of nitrogens with zero attached hydrogens (tertiary/aromatic N) is 3. The van der Waals surface area contributed by atoms with E-state index in [4.69, 9.17) is 0 Å². The molecule has 0 aliphatic heterocycles. The number of hydrogen-bond donors (Lipinski definition) is 1. The van der Waals surface area contributed by atoms with Crippen molar-refractivity contribution in [2.45, 2.75) is 38.9 Å². The van der Waals surface area contributed by atoms with Crippen LogP contribution in [0.15, 0.2) is 53.7 Å². The molecule has 0 saturated heterocycles. The van der Waals surface area contributed by atoms with E-state index in [-0.39, 0.29) is 23.9 Å². The molecule has 3 rings (SSSR count). The lowest BCUT2D eigenvalue weighted by atomic mass is 10.1. The van der Waals surface area contributed by atoms with Gasteiger partial charge in [0.25, 0.3) is 0 Å². The van der Waals surface area contributed by atoms with Crippen molar-refractivity contribution in [1.29, 1.82) is 0 Å². The van der Waals surface area contributed by atoms with Crippen LogP contribution in [0, 0.1) is 11.7 Å². The van der Waals surface area contributed by atoms with Crippen molar-refractivity contribution in [2.75, 3.05) is 11.1 Å². The monoisotopic (exact) mass is 440 g/mol. The SMILES string of the molecule is CC(=O)c1ccc(NC(=O)CCSc2nnc(-c3ccccc3F)n2CC(C)C)cc1. The average Bonchev–Trinajstić information content (AvgIpc) is 3.10. The number of Topliss-reactive ketones (excluding diaryl/α,β-unsaturated/α-hetero) is 1. The minimum atomic E-state index is -0.341. The number of nitrogens with one attached hydrogen (secondary N) is 1. The highest BCUT2D eigenvalue weighted by molar-refractivity contribution is 7.99. The van der Waals surface area contributed by atoms with Crippen LogP contribution < -0.4 is 5.32 Å². The maximum Gasteiger partial charge on any atom is 0.225 e. The lowest BCUT2D eigenvalue weighted by Gasteiger charge is -2.13. The Labute approximate surface area is 185 Å². The van der Waals surface area contributed by atoms with Gasteiger partial charge in [0.05, 0.1) is 5.56 Å². The van der Waals surface area contributed by atoms with E-state index in [1.165, 1.54) is 24.8 Å². The molecule has 1 amide bonds. The molecule has 0 spiro atoms. The summed E-state index contributed by atoms with van der Waals surface area (Å²) in [6.07, 6.45) is 0.280. The third-order valence-corrected chi connectivity index (χ3v) is 5.48. The number of thioether (sulfide) groups is 1. The van der Waals surface area contributed by atoms with Crippen LogP contribution in [0.5, 0.6) is 0 Å². The Morgan fingerprint density at radius 1 is 1.10 bits per heavy atom. The Bertz CT molecular complexity index is 1060. The van der Waals surface area contributed by atoms with Gasteiger partial charge in [0, 0.05) is 30.0 Å². The topological polar surface area (TPSA) is 76.9 Å². The first-order chi connectivity index (χ1) is 14.8. The molecule has 162 valence electrons. The fourth-order valence-corrected chi connectivity index (χ4v) is 3.90. The van der Waals surface area contributed by atoms with Crippen LogP contribution in [-0.2, 0) is 11.3 Å². The maximum absolute atomic E-state index is 14.3. The van der Waals surface area contributed by atoms with Crippen molar-refractivity contribution < 1.29 is 14.0 Å². The number of benzene rings is 2. The number of halogens is 1. The summed E-state index contributed by atoms with van der Waals surface area (Å²) < 4.78 is 16.2. The van der Waals surface area contributed by atoms with Gasteiger partial charge in [0.15, 0.2) is 16.8 Å². The van der Waals surface area contributed by atoms with Crippen LogP contribution in [0.1, 0.15) is 37.6 Å². The van der Waals surface area contributed by atoms with Gasteiger partial charge < -0.3 is 9.88 Å². The maximum atomic E-state index is 14.3. The summed E-state index contributed by atoms with van der Waals surface area (Å²) >= 11 is 1.42. The second kappa shape index (κ2) is 10.3. The van der Waals surface area contributed by atoms with Gasteiger partial charge in [-0.2, -0.15) is 0 Å². The summed E-state index contributed by atoms with van der Waals surface area (Å²) in [7, 11) is 0. The van der Waals surface area contributed by atoms with Gasteiger partial charge in [-0.15, -0.1) is 10.2 Å². The fourth-order valence-electron chi connectivity index (χ4n) is 3.01. The standard InChI is InChI=1S/C23H25FN4O2S/c1-15(2)14-28-22(19-6-4-5-7-20(19)24)26-27-23(28)31-13-12-21(30)25-18-10-8-17(9-11-18)16(3)29/h4-11,15H,12-14H2,1-3H3,(H,25,30). The number of aromatic nitrogens is 3. The molecule has 1 heterocycles. The molecule has 2 aromatic carbocycles. The Morgan fingerprint density at radius 2 is 1.81 bits per heavy atom. The molecule has 1 N–H and O–H groups in total. The van der Waals surface area contributed by atoms with Gasteiger partial charge in [-0.05, 0) is 49.2 Å². The summed E-state index contributed by atoms with van der Waals surface area (Å²) in [4.78, 5) is 23.6. The molecule has 0 aliphatic rings. The van der Waals surface area contributed by atoms with Gasteiger partial charge in [0.1, 0.15) is 5.82 Å². The zero-order valence-electron chi connectivity index (χ0n) is 17.8. The van der Waals surface area contributed by atoms with E-state index in [2.05, 4.69) is 29.4 Å². The second-order valence-corrected chi connectivity index (χ2v) is 8.63. The van der Waals surface area contributed by atoms with E-state index >= 15 is 0 Å². The summed E-state index contributed by atoms with van der Waals surface area (Å²) in [6.45, 7) is 6.29. The van der Waals surface area contributed by atoms with Crippen LogP contribution in [0.2, 0.25) is 0 Å². The van der Waals surface area contributed by atoms with Crippen LogP contribution in [0.3, 0.4) is 0 Å². The van der Waals surface area contributed by atoms with Crippen LogP contribution >= 0.6 is 11.8 Å². The molecule has 0 saturated carbocycles. The van der Waals surface area contributed by atoms with E-state index in [9.17, 15) is 14.0 Å². The van der Waals surface area contributed by atoms with Crippen LogP contribution in [0.25, 0.3) is 11.4 Å². The summed E-state index contributed by atoms with van der Waals surface area (Å²) in [5.41, 5.74) is 1.66. The van der Waals surface area contributed by atoms with Crippen molar-refractivity contribution in [3.8, 4) is 11.4 Å². The molecule has 0 atom stereocenters. The predicted octanol–water partition coefficient (Wildman–Crippen LogP) is 5.06. The van der Waals surface area contributed by atoms with E-state index in [0.29, 0.717) is 46.0 Å². The largest absolute Gasteiger partial charge is 0.326 e. The Kier molecular flexibility index (Phi) is 7.57. The number of hydrogen-bond acceptors (Lipinski definition) is 5. The van der Waals surface area contributed by atoms with E-state index < -0.39 is 0 Å². The molecule has 31 heavy (non-hydrogen) atoms. The minimum Gasteiger partial charge on any atom is -0.326 e. The zero-order valence-corrected chi connectivity index (χ0v) is 18.6. The summed E-state index contributed by atoms with van der Waals surface area (Å²) in [5, 5.41) is 11.9. The lowest BCUT2D eigenvalue weighted by Crippen LogP contribution is -2.13. The molecular formula is C23H25FN4O2S. The molecule has 8 heteroatoms. The number of ketones is 1. The smallest absolute Gasteiger partial charge is 0.225 e. The highest BCUT2D eigenvalue weighted by Crippen LogP contribution is 2.27. The summed E-state index contributed by atoms with van der Waals surface area (Å²) in [5.74, 6) is 0.824. The van der Waals surface area contributed by atoms with Gasteiger partial charge in [-0.1, -0.05) is 37.7 Å². The fraction of sp³-hybridized carbons (Fsp3) is 0.304. The van der Waals surface area contributed by atoms with E-state index in [1.54, 1.807) is 42.5 Å². The predicted molar refractivity (Wildman–Crippen MR) is 121 cm³/mol. The van der Waals surface area contributed by atoms with Gasteiger partial charge in [-0.25, -0.2) is 4.39 Å². The highest BCUT2D eigenvalue weighted by atomic mass is 32.2.